The van der Waals surface area contributed by atoms with Gasteiger partial charge in [0.2, 0.25) is 5.91 Å². The smallest absolute Gasteiger partial charge is 0.251 e. The summed E-state index contributed by atoms with van der Waals surface area (Å²) in [4.78, 5) is 29.1. The highest BCUT2D eigenvalue weighted by Gasteiger charge is 2.19. The number of anilines is 1. The van der Waals surface area contributed by atoms with E-state index in [1.165, 1.54) is 11.8 Å². The Balaban J connectivity index is 1.70. The van der Waals surface area contributed by atoms with Crippen LogP contribution in [0.15, 0.2) is 53.6 Å². The Kier molecular flexibility index (Phi) is 7.95. The highest BCUT2D eigenvalue weighted by atomic mass is 32.2. The van der Waals surface area contributed by atoms with E-state index in [1.54, 1.807) is 24.3 Å². The lowest BCUT2D eigenvalue weighted by molar-refractivity contribution is -0.113. The molecule has 0 saturated carbocycles. The van der Waals surface area contributed by atoms with Crippen LogP contribution in [0.2, 0.25) is 0 Å². The van der Waals surface area contributed by atoms with Crippen LogP contribution in [0.5, 0.6) is 17.2 Å². The Morgan fingerprint density at radius 1 is 1.00 bits per heavy atom. The molecule has 0 saturated heterocycles. The molecule has 3 aromatic rings. The van der Waals surface area contributed by atoms with Crippen LogP contribution in [0, 0.1) is 20.8 Å². The molecule has 0 radical (unpaired) electrons. The largest absolute Gasteiger partial charge is 0.494 e. The quantitative estimate of drug-likeness (QED) is 0.430. The van der Waals surface area contributed by atoms with E-state index in [-0.39, 0.29) is 11.7 Å². The molecule has 0 spiro atoms. The van der Waals surface area contributed by atoms with Crippen molar-refractivity contribution >= 4 is 29.3 Å². The fourth-order valence-electron chi connectivity index (χ4n) is 3.18. The Hall–Kier alpha value is -3.52. The Morgan fingerprint density at radius 3 is 2.33 bits per heavy atom. The van der Waals surface area contributed by atoms with Gasteiger partial charge in [0.15, 0.2) is 5.75 Å². The van der Waals surface area contributed by atoms with Gasteiger partial charge in [0, 0.05) is 5.69 Å². The van der Waals surface area contributed by atoms with Gasteiger partial charge in [0.25, 0.3) is 5.91 Å². The minimum Gasteiger partial charge on any atom is -0.494 e. The number of pyridine rings is 1. The van der Waals surface area contributed by atoms with Crippen LogP contribution in [-0.4, -0.2) is 29.2 Å². The molecule has 0 atom stereocenters. The number of hydrogen-bond donors (Lipinski definition) is 2. The molecule has 2 aromatic carbocycles. The lowest BCUT2D eigenvalue weighted by Crippen LogP contribution is -2.18. The molecule has 3 N–H and O–H groups in total. The lowest BCUT2D eigenvalue weighted by atomic mass is 10.0. The van der Waals surface area contributed by atoms with Crippen molar-refractivity contribution in [3.8, 4) is 17.2 Å². The topological polar surface area (TPSA) is 104 Å². The van der Waals surface area contributed by atoms with Gasteiger partial charge >= 0.3 is 0 Å². The first kappa shape index (κ1) is 24.1. The molecule has 0 bridgehead atoms. The highest BCUT2D eigenvalue weighted by molar-refractivity contribution is 8.00. The second-order valence-corrected chi connectivity index (χ2v) is 8.30. The van der Waals surface area contributed by atoms with E-state index >= 15 is 0 Å². The molecule has 1 aromatic heterocycles. The summed E-state index contributed by atoms with van der Waals surface area (Å²) in [7, 11) is 0. The van der Waals surface area contributed by atoms with Crippen molar-refractivity contribution in [3.05, 3.63) is 70.9 Å². The van der Waals surface area contributed by atoms with Gasteiger partial charge in [-0.15, -0.1) is 0 Å². The molecule has 33 heavy (non-hydrogen) atoms. The molecule has 7 nitrogen and oxygen atoms in total. The minimum absolute atomic E-state index is 0.0621. The second kappa shape index (κ2) is 10.9. The SMILES string of the molecule is CCOc1ccc(Oc2ccccc2NC(=O)CSc2nc(C)c(C)c(C)c2C(N)=O)cc1. The van der Waals surface area contributed by atoms with Crippen LogP contribution in [0.25, 0.3) is 0 Å². The standard InChI is InChI=1S/C25H27N3O4S/c1-5-31-18-10-12-19(13-11-18)32-21-9-7-6-8-20(21)28-22(29)14-33-25-23(24(26)30)16(3)15(2)17(4)27-25/h6-13H,5,14H2,1-4H3,(H2,26,30)(H,28,29). The van der Waals surface area contributed by atoms with Crippen LogP contribution in [0.3, 0.4) is 0 Å². The predicted molar refractivity (Wildman–Crippen MR) is 130 cm³/mol. The number of carbonyl (C=O) groups excluding carboxylic acids is 2. The maximum Gasteiger partial charge on any atom is 0.251 e. The van der Waals surface area contributed by atoms with Crippen molar-refractivity contribution in [2.24, 2.45) is 5.73 Å². The first-order chi connectivity index (χ1) is 15.8. The third kappa shape index (κ3) is 6.04. The Bertz CT molecular complexity index is 1160. The van der Waals surface area contributed by atoms with Gasteiger partial charge in [-0.25, -0.2) is 4.98 Å². The van der Waals surface area contributed by atoms with Crippen molar-refractivity contribution in [2.75, 3.05) is 17.7 Å². The number of para-hydroxylation sites is 2. The molecule has 0 aliphatic carbocycles. The third-order valence-electron chi connectivity index (χ3n) is 5.07. The lowest BCUT2D eigenvalue weighted by Gasteiger charge is -2.14. The van der Waals surface area contributed by atoms with E-state index in [4.69, 9.17) is 15.2 Å². The van der Waals surface area contributed by atoms with Crippen molar-refractivity contribution < 1.29 is 19.1 Å². The zero-order chi connectivity index (χ0) is 24.0. The van der Waals surface area contributed by atoms with E-state index in [0.29, 0.717) is 34.4 Å². The van der Waals surface area contributed by atoms with Crippen LogP contribution >= 0.6 is 11.8 Å². The van der Waals surface area contributed by atoms with E-state index in [9.17, 15) is 9.59 Å². The van der Waals surface area contributed by atoms with Crippen molar-refractivity contribution in [1.82, 2.24) is 4.98 Å². The molecule has 0 unspecified atom stereocenters. The number of rotatable bonds is 9. The molecule has 0 aliphatic rings. The monoisotopic (exact) mass is 465 g/mol. The molecule has 1 heterocycles. The number of primary amides is 1. The molecule has 8 heteroatoms. The number of carbonyl (C=O) groups is 2. The zero-order valence-electron chi connectivity index (χ0n) is 19.1. The first-order valence-electron chi connectivity index (χ1n) is 10.5. The van der Waals surface area contributed by atoms with Gasteiger partial charge in [-0.3, -0.25) is 9.59 Å². The molecule has 3 rings (SSSR count). The van der Waals surface area contributed by atoms with Crippen molar-refractivity contribution in [1.29, 1.82) is 0 Å². The average molecular weight is 466 g/mol. The molecule has 0 fully saturated rings. The number of ether oxygens (including phenoxy) is 2. The summed E-state index contributed by atoms with van der Waals surface area (Å²) in [6.07, 6.45) is 0. The average Bonchev–Trinajstić information content (AvgIpc) is 2.78. The van der Waals surface area contributed by atoms with Gasteiger partial charge in [0.05, 0.1) is 23.6 Å². The fourth-order valence-corrected chi connectivity index (χ4v) is 4.12. The number of nitrogens with zero attached hydrogens (tertiary/aromatic N) is 1. The van der Waals surface area contributed by atoms with Gasteiger partial charge in [-0.05, 0) is 75.2 Å². The number of hydrogen-bond acceptors (Lipinski definition) is 6. The number of nitrogens with one attached hydrogen (secondary N) is 1. The van der Waals surface area contributed by atoms with E-state index < -0.39 is 5.91 Å². The number of amides is 2. The first-order valence-corrected chi connectivity index (χ1v) is 11.5. The fraction of sp³-hybridized carbons (Fsp3) is 0.240. The highest BCUT2D eigenvalue weighted by Crippen LogP contribution is 2.31. The van der Waals surface area contributed by atoms with E-state index in [2.05, 4.69) is 10.3 Å². The summed E-state index contributed by atoms with van der Waals surface area (Å²) < 4.78 is 11.4. The third-order valence-corrected chi connectivity index (χ3v) is 6.05. The van der Waals surface area contributed by atoms with Crippen LogP contribution in [-0.2, 0) is 4.79 Å². The van der Waals surface area contributed by atoms with Gasteiger partial charge in [-0.2, -0.15) is 0 Å². The van der Waals surface area contributed by atoms with Crippen molar-refractivity contribution in [3.63, 3.8) is 0 Å². The molecule has 172 valence electrons. The molecule has 0 aliphatic heterocycles. The molecular formula is C25H27N3O4S. The number of aromatic nitrogens is 1. The number of benzene rings is 2. The number of nitrogens with two attached hydrogens (primary N) is 1. The Labute approximate surface area is 197 Å². The summed E-state index contributed by atoms with van der Waals surface area (Å²) in [6, 6.07) is 14.4. The number of aryl methyl sites for hydroxylation is 1. The van der Waals surface area contributed by atoms with Crippen molar-refractivity contribution in [2.45, 2.75) is 32.7 Å². The maximum atomic E-state index is 12.7. The van der Waals surface area contributed by atoms with Gasteiger partial charge in [-0.1, -0.05) is 23.9 Å². The van der Waals surface area contributed by atoms with Crippen LogP contribution in [0.1, 0.15) is 34.1 Å². The second-order valence-electron chi connectivity index (χ2n) is 7.33. The van der Waals surface area contributed by atoms with Gasteiger partial charge in [0.1, 0.15) is 16.5 Å². The van der Waals surface area contributed by atoms with Crippen LogP contribution in [0.4, 0.5) is 5.69 Å². The molecular weight excluding hydrogens is 438 g/mol. The zero-order valence-corrected chi connectivity index (χ0v) is 19.9. The van der Waals surface area contributed by atoms with Crippen LogP contribution < -0.4 is 20.5 Å². The predicted octanol–water partition coefficient (Wildman–Crippen LogP) is 5.03. The van der Waals surface area contributed by atoms with E-state index in [1.807, 2.05) is 52.0 Å². The summed E-state index contributed by atoms with van der Waals surface area (Å²) in [5.74, 6) is 1.14. The summed E-state index contributed by atoms with van der Waals surface area (Å²) in [5, 5.41) is 3.32. The summed E-state index contributed by atoms with van der Waals surface area (Å²) >= 11 is 1.18. The molecule has 2 amide bonds. The van der Waals surface area contributed by atoms with Gasteiger partial charge < -0.3 is 20.5 Å². The summed E-state index contributed by atoms with van der Waals surface area (Å²) in [5.41, 5.74) is 8.96. The Morgan fingerprint density at radius 2 is 1.67 bits per heavy atom. The normalized spacial score (nSPS) is 10.5. The summed E-state index contributed by atoms with van der Waals surface area (Å²) in [6.45, 7) is 8.11. The maximum absolute atomic E-state index is 12.7. The minimum atomic E-state index is -0.555. The number of thioether (sulfide) groups is 1. The van der Waals surface area contributed by atoms with E-state index in [0.717, 1.165) is 22.6 Å².